The zero-order valence-corrected chi connectivity index (χ0v) is 10.2. The minimum atomic E-state index is -1.22. The molecule has 0 radical (unpaired) electrons. The fourth-order valence-corrected chi connectivity index (χ4v) is 1.54. The molecule has 0 atom stereocenters. The molecule has 0 spiro atoms. The van der Waals surface area contributed by atoms with Crippen molar-refractivity contribution in [1.29, 1.82) is 0 Å². The van der Waals surface area contributed by atoms with Crippen LogP contribution in [-0.2, 0) is 0 Å². The number of hydrogen-bond acceptors (Lipinski definition) is 3. The number of halogens is 3. The lowest BCUT2D eigenvalue weighted by molar-refractivity contribution is 0.496. The van der Waals surface area contributed by atoms with Crippen LogP contribution in [0.5, 0.6) is 0 Å². The van der Waals surface area contributed by atoms with Crippen LogP contribution >= 0.6 is 0 Å². The van der Waals surface area contributed by atoms with E-state index < -0.39 is 17.5 Å². The van der Waals surface area contributed by atoms with Crippen LogP contribution in [0.2, 0.25) is 0 Å². The SMILES string of the molecule is CCNc1cccc(Nc2cc(F)c(F)cc2F)n1. The zero-order chi connectivity index (χ0) is 13.8. The van der Waals surface area contributed by atoms with Crippen molar-refractivity contribution < 1.29 is 13.2 Å². The van der Waals surface area contributed by atoms with Crippen LogP contribution in [0.3, 0.4) is 0 Å². The van der Waals surface area contributed by atoms with Gasteiger partial charge in [-0.25, -0.2) is 18.2 Å². The van der Waals surface area contributed by atoms with E-state index in [0.29, 0.717) is 24.2 Å². The minimum Gasteiger partial charge on any atom is -0.370 e. The van der Waals surface area contributed by atoms with Crippen LogP contribution in [0.15, 0.2) is 30.3 Å². The van der Waals surface area contributed by atoms with Crippen LogP contribution in [0, 0.1) is 17.5 Å². The Morgan fingerprint density at radius 2 is 1.68 bits per heavy atom. The highest BCUT2D eigenvalue weighted by Gasteiger charge is 2.10. The first kappa shape index (κ1) is 13.2. The molecule has 2 rings (SSSR count). The maximum absolute atomic E-state index is 13.5. The first-order chi connectivity index (χ1) is 9.10. The summed E-state index contributed by atoms with van der Waals surface area (Å²) in [6.45, 7) is 2.60. The van der Waals surface area contributed by atoms with Gasteiger partial charge in [-0.3, -0.25) is 0 Å². The summed E-state index contributed by atoms with van der Waals surface area (Å²) in [5.74, 6) is -2.28. The lowest BCUT2D eigenvalue weighted by Crippen LogP contribution is -2.02. The Morgan fingerprint density at radius 1 is 1.00 bits per heavy atom. The molecule has 1 heterocycles. The van der Waals surface area contributed by atoms with Gasteiger partial charge in [0.05, 0.1) is 5.69 Å². The molecule has 19 heavy (non-hydrogen) atoms. The number of benzene rings is 1. The molecule has 2 aromatic rings. The zero-order valence-electron chi connectivity index (χ0n) is 10.2. The molecule has 0 saturated heterocycles. The van der Waals surface area contributed by atoms with Crippen molar-refractivity contribution in [2.75, 3.05) is 17.2 Å². The Labute approximate surface area is 108 Å². The Balaban J connectivity index is 2.25. The number of nitrogens with one attached hydrogen (secondary N) is 2. The van der Waals surface area contributed by atoms with Gasteiger partial charge in [-0.05, 0) is 19.1 Å². The molecule has 100 valence electrons. The Kier molecular flexibility index (Phi) is 3.89. The molecule has 0 bridgehead atoms. The van der Waals surface area contributed by atoms with Gasteiger partial charge >= 0.3 is 0 Å². The van der Waals surface area contributed by atoms with Crippen molar-refractivity contribution in [3.05, 3.63) is 47.8 Å². The molecule has 6 heteroatoms. The molecular weight excluding hydrogens is 255 g/mol. The Hall–Kier alpha value is -2.24. The number of rotatable bonds is 4. The number of nitrogens with zero attached hydrogens (tertiary/aromatic N) is 1. The smallest absolute Gasteiger partial charge is 0.161 e. The molecule has 1 aromatic heterocycles. The predicted octanol–water partition coefficient (Wildman–Crippen LogP) is 3.67. The standard InChI is InChI=1S/C13H12F3N3/c1-2-17-12-4-3-5-13(19-12)18-11-7-9(15)8(14)6-10(11)16/h3-7H,2H2,1H3,(H2,17,18,19). The third-order valence-corrected chi connectivity index (χ3v) is 2.38. The van der Waals surface area contributed by atoms with E-state index in [-0.39, 0.29) is 5.69 Å². The van der Waals surface area contributed by atoms with Crippen LogP contribution in [-0.4, -0.2) is 11.5 Å². The molecule has 0 aliphatic carbocycles. The van der Waals surface area contributed by atoms with E-state index in [0.717, 1.165) is 6.07 Å². The van der Waals surface area contributed by atoms with E-state index in [4.69, 9.17) is 0 Å². The summed E-state index contributed by atoms with van der Waals surface area (Å²) in [5.41, 5.74) is -0.167. The van der Waals surface area contributed by atoms with Gasteiger partial charge in [0.2, 0.25) is 0 Å². The van der Waals surface area contributed by atoms with E-state index in [1.807, 2.05) is 6.92 Å². The largest absolute Gasteiger partial charge is 0.370 e. The number of anilines is 3. The van der Waals surface area contributed by atoms with Crippen molar-refractivity contribution in [3.8, 4) is 0 Å². The summed E-state index contributed by atoms with van der Waals surface area (Å²) in [6.07, 6.45) is 0. The Morgan fingerprint density at radius 3 is 2.42 bits per heavy atom. The molecule has 0 aliphatic heterocycles. The number of aromatic nitrogens is 1. The van der Waals surface area contributed by atoms with E-state index >= 15 is 0 Å². The molecule has 3 nitrogen and oxygen atoms in total. The Bertz CT molecular complexity index is 587. The van der Waals surface area contributed by atoms with Gasteiger partial charge in [0.25, 0.3) is 0 Å². The fraction of sp³-hybridized carbons (Fsp3) is 0.154. The molecule has 0 amide bonds. The van der Waals surface area contributed by atoms with Gasteiger partial charge in [-0.1, -0.05) is 6.07 Å². The van der Waals surface area contributed by atoms with Crippen molar-refractivity contribution in [3.63, 3.8) is 0 Å². The van der Waals surface area contributed by atoms with Crippen LogP contribution in [0.4, 0.5) is 30.5 Å². The van der Waals surface area contributed by atoms with E-state index in [2.05, 4.69) is 15.6 Å². The molecule has 0 fully saturated rings. The first-order valence-electron chi connectivity index (χ1n) is 5.72. The third-order valence-electron chi connectivity index (χ3n) is 2.38. The van der Waals surface area contributed by atoms with Crippen LogP contribution in [0.1, 0.15) is 6.92 Å². The van der Waals surface area contributed by atoms with Crippen LogP contribution in [0.25, 0.3) is 0 Å². The summed E-state index contributed by atoms with van der Waals surface area (Å²) in [4.78, 5) is 4.15. The summed E-state index contributed by atoms with van der Waals surface area (Å²) in [7, 11) is 0. The van der Waals surface area contributed by atoms with Crippen molar-refractivity contribution >= 4 is 17.3 Å². The maximum atomic E-state index is 13.5. The summed E-state index contributed by atoms with van der Waals surface area (Å²) >= 11 is 0. The maximum Gasteiger partial charge on any atom is 0.161 e. The topological polar surface area (TPSA) is 37.0 Å². The van der Waals surface area contributed by atoms with Gasteiger partial charge in [-0.15, -0.1) is 0 Å². The van der Waals surface area contributed by atoms with Gasteiger partial charge in [-0.2, -0.15) is 0 Å². The second-order valence-electron chi connectivity index (χ2n) is 3.81. The lowest BCUT2D eigenvalue weighted by Gasteiger charge is -2.09. The predicted molar refractivity (Wildman–Crippen MR) is 68.0 cm³/mol. The summed E-state index contributed by atoms with van der Waals surface area (Å²) < 4.78 is 39.3. The fourth-order valence-electron chi connectivity index (χ4n) is 1.54. The van der Waals surface area contributed by atoms with E-state index in [1.54, 1.807) is 18.2 Å². The second-order valence-corrected chi connectivity index (χ2v) is 3.81. The lowest BCUT2D eigenvalue weighted by atomic mass is 10.2. The van der Waals surface area contributed by atoms with Crippen molar-refractivity contribution in [1.82, 2.24) is 4.98 Å². The second kappa shape index (κ2) is 5.60. The quantitative estimate of drug-likeness (QED) is 0.830. The minimum absolute atomic E-state index is 0.167. The normalized spacial score (nSPS) is 10.3. The third kappa shape index (κ3) is 3.15. The molecule has 0 saturated carbocycles. The molecule has 2 N–H and O–H groups in total. The monoisotopic (exact) mass is 267 g/mol. The highest BCUT2D eigenvalue weighted by molar-refractivity contribution is 5.58. The van der Waals surface area contributed by atoms with E-state index in [1.165, 1.54) is 0 Å². The number of hydrogen-bond donors (Lipinski definition) is 2. The summed E-state index contributed by atoms with van der Waals surface area (Å²) in [5, 5.41) is 5.60. The van der Waals surface area contributed by atoms with Crippen LogP contribution < -0.4 is 10.6 Å². The summed E-state index contributed by atoms with van der Waals surface area (Å²) in [6, 6.07) is 6.31. The van der Waals surface area contributed by atoms with E-state index in [9.17, 15) is 13.2 Å². The van der Waals surface area contributed by atoms with Crippen molar-refractivity contribution in [2.24, 2.45) is 0 Å². The van der Waals surface area contributed by atoms with Gasteiger partial charge < -0.3 is 10.6 Å². The number of pyridine rings is 1. The molecule has 0 aliphatic rings. The van der Waals surface area contributed by atoms with Gasteiger partial charge in [0.15, 0.2) is 11.6 Å². The molecular formula is C13H12F3N3. The van der Waals surface area contributed by atoms with Gasteiger partial charge in [0, 0.05) is 18.7 Å². The first-order valence-corrected chi connectivity index (χ1v) is 5.72. The molecule has 0 unspecified atom stereocenters. The van der Waals surface area contributed by atoms with Crippen molar-refractivity contribution in [2.45, 2.75) is 6.92 Å². The average Bonchev–Trinajstić information content (AvgIpc) is 2.37. The highest BCUT2D eigenvalue weighted by Crippen LogP contribution is 2.22. The highest BCUT2D eigenvalue weighted by atomic mass is 19.2. The molecule has 1 aromatic carbocycles. The van der Waals surface area contributed by atoms with Gasteiger partial charge in [0.1, 0.15) is 17.5 Å². The average molecular weight is 267 g/mol.